The predicted molar refractivity (Wildman–Crippen MR) is 103 cm³/mol. The highest BCUT2D eigenvalue weighted by molar-refractivity contribution is 7.92. The van der Waals surface area contributed by atoms with Crippen molar-refractivity contribution in [1.82, 2.24) is 0 Å². The summed E-state index contributed by atoms with van der Waals surface area (Å²) in [5.74, 6) is -2.26. The lowest BCUT2D eigenvalue weighted by atomic mass is 9.99. The van der Waals surface area contributed by atoms with Gasteiger partial charge < -0.3 is 4.74 Å². The van der Waals surface area contributed by atoms with Crippen LogP contribution >= 0.6 is 11.6 Å². The molecule has 1 aliphatic heterocycles. The average molecular weight is 426 g/mol. The van der Waals surface area contributed by atoms with E-state index in [4.69, 9.17) is 16.3 Å². The highest BCUT2D eigenvalue weighted by Gasteiger charge is 2.25. The van der Waals surface area contributed by atoms with Gasteiger partial charge in [0.05, 0.1) is 17.5 Å². The number of halogens is 2. The SMILES string of the molecule is CS(=O)(=O)N1CCCc2cc(C(=O)COC(=O)c3cc(Cl)ccc3F)ccc21. The van der Waals surface area contributed by atoms with E-state index in [1.165, 1.54) is 16.4 Å². The van der Waals surface area contributed by atoms with Crippen molar-refractivity contribution in [2.45, 2.75) is 12.8 Å². The van der Waals surface area contributed by atoms with E-state index in [0.717, 1.165) is 24.0 Å². The molecule has 1 aliphatic rings. The molecule has 1 heterocycles. The summed E-state index contributed by atoms with van der Waals surface area (Å²) in [5.41, 5.74) is 1.21. The van der Waals surface area contributed by atoms with E-state index >= 15 is 0 Å². The van der Waals surface area contributed by atoms with E-state index in [9.17, 15) is 22.4 Å². The third-order valence-corrected chi connectivity index (χ3v) is 5.78. The van der Waals surface area contributed by atoms with Gasteiger partial charge in [-0.1, -0.05) is 11.6 Å². The predicted octanol–water partition coefficient (Wildman–Crippen LogP) is 3.23. The van der Waals surface area contributed by atoms with Crippen LogP contribution in [-0.4, -0.2) is 39.6 Å². The second kappa shape index (κ2) is 7.89. The van der Waals surface area contributed by atoms with Crippen molar-refractivity contribution < 1.29 is 27.1 Å². The van der Waals surface area contributed by atoms with Crippen LogP contribution in [0.1, 0.15) is 32.7 Å². The van der Waals surface area contributed by atoms with Crippen LogP contribution in [0.25, 0.3) is 0 Å². The van der Waals surface area contributed by atoms with E-state index in [2.05, 4.69) is 0 Å². The Bertz CT molecular complexity index is 1050. The number of ether oxygens (including phenoxy) is 1. The summed E-state index contributed by atoms with van der Waals surface area (Å²) in [6.07, 6.45) is 2.41. The summed E-state index contributed by atoms with van der Waals surface area (Å²) in [7, 11) is -3.40. The van der Waals surface area contributed by atoms with Gasteiger partial charge in [0, 0.05) is 17.1 Å². The Morgan fingerprint density at radius 1 is 1.21 bits per heavy atom. The topological polar surface area (TPSA) is 80.8 Å². The molecule has 0 atom stereocenters. The van der Waals surface area contributed by atoms with E-state index in [0.29, 0.717) is 25.1 Å². The molecule has 9 heteroatoms. The molecule has 0 aromatic heterocycles. The minimum Gasteiger partial charge on any atom is -0.454 e. The van der Waals surface area contributed by atoms with Crippen molar-refractivity contribution in [1.29, 1.82) is 0 Å². The summed E-state index contributed by atoms with van der Waals surface area (Å²) in [4.78, 5) is 24.4. The van der Waals surface area contributed by atoms with Crippen LogP contribution < -0.4 is 4.31 Å². The van der Waals surface area contributed by atoms with Gasteiger partial charge in [-0.15, -0.1) is 0 Å². The lowest BCUT2D eigenvalue weighted by Crippen LogP contribution is -2.34. The zero-order chi connectivity index (χ0) is 20.5. The minimum atomic E-state index is -3.40. The van der Waals surface area contributed by atoms with Crippen LogP contribution in [0, 0.1) is 5.82 Å². The quantitative estimate of drug-likeness (QED) is 0.542. The van der Waals surface area contributed by atoms with Gasteiger partial charge in [-0.25, -0.2) is 17.6 Å². The van der Waals surface area contributed by atoms with Crippen LogP contribution in [0.2, 0.25) is 5.02 Å². The number of carbonyl (C=O) groups excluding carboxylic acids is 2. The summed E-state index contributed by atoms with van der Waals surface area (Å²) in [6.45, 7) is -0.179. The van der Waals surface area contributed by atoms with Gasteiger partial charge in [-0.2, -0.15) is 0 Å². The lowest BCUT2D eigenvalue weighted by molar-refractivity contribution is 0.0470. The standard InChI is InChI=1S/C19H17ClFNO5S/c1-28(25,26)22-8-2-3-12-9-13(4-7-17(12)22)18(23)11-27-19(24)15-10-14(20)5-6-16(15)21/h4-7,9-10H,2-3,8,11H2,1H3. The molecular weight excluding hydrogens is 409 g/mol. The Balaban J connectivity index is 1.73. The molecule has 3 rings (SSSR count). The smallest absolute Gasteiger partial charge is 0.341 e. The van der Waals surface area contributed by atoms with Gasteiger partial charge in [0.2, 0.25) is 10.0 Å². The van der Waals surface area contributed by atoms with Crippen molar-refractivity contribution in [3.05, 3.63) is 63.9 Å². The molecule has 2 aromatic rings. The molecule has 0 N–H and O–H groups in total. The summed E-state index contributed by atoms with van der Waals surface area (Å²) < 4.78 is 43.7. The first-order chi connectivity index (χ1) is 13.2. The largest absolute Gasteiger partial charge is 0.454 e. The molecule has 148 valence electrons. The first-order valence-electron chi connectivity index (χ1n) is 8.43. The van der Waals surface area contributed by atoms with E-state index in [1.807, 2.05) is 0 Å². The number of anilines is 1. The van der Waals surface area contributed by atoms with Crippen molar-refractivity contribution in [2.75, 3.05) is 23.7 Å². The Labute approximate surface area is 166 Å². The molecule has 0 spiro atoms. The maximum atomic E-state index is 13.7. The Kier molecular flexibility index (Phi) is 5.71. The van der Waals surface area contributed by atoms with Crippen LogP contribution in [0.3, 0.4) is 0 Å². The molecule has 6 nitrogen and oxygen atoms in total. The second-order valence-electron chi connectivity index (χ2n) is 6.41. The van der Waals surface area contributed by atoms with Crippen LogP contribution in [0.5, 0.6) is 0 Å². The van der Waals surface area contributed by atoms with Gasteiger partial charge in [0.25, 0.3) is 0 Å². The first kappa shape index (κ1) is 20.3. The van der Waals surface area contributed by atoms with Crippen molar-refractivity contribution in [2.24, 2.45) is 0 Å². The number of aryl methyl sites for hydroxylation is 1. The number of rotatable bonds is 5. The number of hydrogen-bond donors (Lipinski definition) is 0. The Morgan fingerprint density at radius 3 is 2.68 bits per heavy atom. The first-order valence-corrected chi connectivity index (χ1v) is 10.7. The number of fused-ring (bicyclic) bond motifs is 1. The number of ketones is 1. The molecular formula is C19H17ClFNO5S. The number of carbonyl (C=O) groups is 2. The fourth-order valence-electron chi connectivity index (χ4n) is 3.03. The number of sulfonamides is 1. The molecule has 0 aliphatic carbocycles. The summed E-state index contributed by atoms with van der Waals surface area (Å²) in [6, 6.07) is 8.12. The Morgan fingerprint density at radius 2 is 1.96 bits per heavy atom. The zero-order valence-corrected chi connectivity index (χ0v) is 16.5. The molecule has 0 saturated carbocycles. The maximum Gasteiger partial charge on any atom is 0.341 e. The molecule has 2 aromatic carbocycles. The average Bonchev–Trinajstić information content (AvgIpc) is 2.66. The highest BCUT2D eigenvalue weighted by Crippen LogP contribution is 2.30. The van der Waals surface area contributed by atoms with E-state index < -0.39 is 34.2 Å². The Hall–Kier alpha value is -2.45. The van der Waals surface area contributed by atoms with E-state index in [1.54, 1.807) is 12.1 Å². The zero-order valence-electron chi connectivity index (χ0n) is 14.9. The summed E-state index contributed by atoms with van der Waals surface area (Å²) >= 11 is 5.74. The van der Waals surface area contributed by atoms with Gasteiger partial charge in [0.15, 0.2) is 12.4 Å². The third kappa shape index (κ3) is 4.34. The molecule has 0 bridgehead atoms. The van der Waals surface area contributed by atoms with Crippen LogP contribution in [-0.2, 0) is 21.2 Å². The molecule has 0 fully saturated rings. The number of hydrogen-bond acceptors (Lipinski definition) is 5. The normalized spacial score (nSPS) is 13.8. The van der Waals surface area contributed by atoms with Crippen molar-refractivity contribution >= 4 is 39.1 Å². The monoisotopic (exact) mass is 425 g/mol. The number of Topliss-reactive ketones (excluding diaryl/α,β-unsaturated/α-hetero) is 1. The molecule has 0 saturated heterocycles. The fraction of sp³-hybridized carbons (Fsp3) is 0.263. The molecule has 0 amide bonds. The summed E-state index contributed by atoms with van der Waals surface area (Å²) in [5, 5.41) is 0.171. The highest BCUT2D eigenvalue weighted by atomic mass is 35.5. The number of benzene rings is 2. The molecule has 0 unspecified atom stereocenters. The van der Waals surface area contributed by atoms with Gasteiger partial charge in [-0.05, 0) is 54.8 Å². The minimum absolute atomic E-state index is 0.171. The van der Waals surface area contributed by atoms with Crippen LogP contribution in [0.4, 0.5) is 10.1 Å². The van der Waals surface area contributed by atoms with Crippen LogP contribution in [0.15, 0.2) is 36.4 Å². The third-order valence-electron chi connectivity index (χ3n) is 4.36. The maximum absolute atomic E-state index is 13.7. The molecule has 28 heavy (non-hydrogen) atoms. The van der Waals surface area contributed by atoms with Crippen molar-refractivity contribution in [3.63, 3.8) is 0 Å². The lowest BCUT2D eigenvalue weighted by Gasteiger charge is -2.29. The van der Waals surface area contributed by atoms with Crippen molar-refractivity contribution in [3.8, 4) is 0 Å². The number of esters is 1. The van der Waals surface area contributed by atoms with Gasteiger partial charge in [0.1, 0.15) is 5.82 Å². The molecule has 0 radical (unpaired) electrons. The van der Waals surface area contributed by atoms with Gasteiger partial charge in [-0.3, -0.25) is 9.10 Å². The number of nitrogens with zero attached hydrogens (tertiary/aromatic N) is 1. The second-order valence-corrected chi connectivity index (χ2v) is 8.75. The van der Waals surface area contributed by atoms with E-state index in [-0.39, 0.29) is 16.1 Å². The fourth-order valence-corrected chi connectivity index (χ4v) is 4.19. The van der Waals surface area contributed by atoms with Gasteiger partial charge >= 0.3 is 5.97 Å².